The minimum absolute atomic E-state index is 0.0335. The number of hydrogen-bond acceptors (Lipinski definition) is 7. The number of aliphatic hydroxyl groups excluding tert-OH is 1. The normalized spacial score (nSPS) is 16.4. The highest BCUT2D eigenvalue weighted by atomic mass is 79.9. The molecule has 10 heteroatoms. The number of nitrogens with zero attached hydrogens (tertiary/aromatic N) is 4. The largest absolute Gasteiger partial charge is 0.389 e. The smallest absolute Gasteiger partial charge is 0.274 e. The van der Waals surface area contributed by atoms with Crippen molar-refractivity contribution in [2.45, 2.75) is 31.9 Å². The van der Waals surface area contributed by atoms with Crippen LogP contribution in [0.2, 0.25) is 0 Å². The molecule has 3 heterocycles. The van der Waals surface area contributed by atoms with E-state index in [2.05, 4.69) is 36.2 Å². The number of amides is 1. The summed E-state index contributed by atoms with van der Waals surface area (Å²) in [5.41, 5.74) is 1.00. The van der Waals surface area contributed by atoms with Gasteiger partial charge in [0.25, 0.3) is 5.91 Å². The van der Waals surface area contributed by atoms with E-state index >= 15 is 0 Å². The van der Waals surface area contributed by atoms with E-state index in [4.69, 9.17) is 0 Å². The van der Waals surface area contributed by atoms with Crippen molar-refractivity contribution in [1.82, 2.24) is 19.9 Å². The second-order valence-electron chi connectivity index (χ2n) is 7.20. The molecule has 31 heavy (non-hydrogen) atoms. The van der Waals surface area contributed by atoms with Gasteiger partial charge in [0.1, 0.15) is 16.5 Å². The molecule has 0 radical (unpaired) electrons. The number of thiazole rings is 1. The standard InChI is InChI=1S/C21H21BrFN5O2S/c22-14-9-24-21(25-10-14)26-11-16-3-1-2-8-28(16)20(30)18-19(31-17(12-29)27-18)13-4-6-15(23)7-5-13/h4-7,9-10,16,29H,1-3,8,11-12H2,(H,24,25,26). The third-order valence-corrected chi connectivity index (χ3v) is 6.62. The second-order valence-corrected chi connectivity index (χ2v) is 9.20. The zero-order valence-corrected chi connectivity index (χ0v) is 19.0. The minimum atomic E-state index is -0.346. The van der Waals surface area contributed by atoms with E-state index in [0.29, 0.717) is 40.2 Å². The Labute approximate surface area is 191 Å². The highest BCUT2D eigenvalue weighted by molar-refractivity contribution is 9.10. The molecule has 4 rings (SSSR count). The Morgan fingerprint density at radius 1 is 1.26 bits per heavy atom. The number of nitrogens with one attached hydrogen (secondary N) is 1. The molecule has 1 aromatic carbocycles. The van der Waals surface area contributed by atoms with Crippen molar-refractivity contribution in [2.75, 3.05) is 18.4 Å². The van der Waals surface area contributed by atoms with Crippen molar-refractivity contribution >= 4 is 39.1 Å². The van der Waals surface area contributed by atoms with Crippen LogP contribution in [-0.4, -0.2) is 50.0 Å². The summed E-state index contributed by atoms with van der Waals surface area (Å²) in [6.07, 6.45) is 6.14. The lowest BCUT2D eigenvalue weighted by molar-refractivity contribution is 0.0623. The van der Waals surface area contributed by atoms with Crippen LogP contribution in [0.4, 0.5) is 10.3 Å². The van der Waals surface area contributed by atoms with E-state index < -0.39 is 0 Å². The summed E-state index contributed by atoms with van der Waals surface area (Å²) in [6, 6.07) is 5.93. The molecule has 2 N–H and O–H groups in total. The highest BCUT2D eigenvalue weighted by Gasteiger charge is 2.31. The summed E-state index contributed by atoms with van der Waals surface area (Å²) in [6.45, 7) is 0.898. The number of carbonyl (C=O) groups excluding carboxylic acids is 1. The van der Waals surface area contributed by atoms with Crippen molar-refractivity contribution in [1.29, 1.82) is 0 Å². The number of hydrogen-bond donors (Lipinski definition) is 2. The van der Waals surface area contributed by atoms with Crippen molar-refractivity contribution < 1.29 is 14.3 Å². The van der Waals surface area contributed by atoms with E-state index in [-0.39, 0.29) is 24.4 Å². The summed E-state index contributed by atoms with van der Waals surface area (Å²) < 4.78 is 14.2. The highest BCUT2D eigenvalue weighted by Crippen LogP contribution is 2.33. The number of aliphatic hydroxyl groups is 1. The van der Waals surface area contributed by atoms with Crippen LogP contribution < -0.4 is 5.32 Å². The van der Waals surface area contributed by atoms with Crippen molar-refractivity contribution in [3.05, 3.63) is 57.7 Å². The van der Waals surface area contributed by atoms with Crippen LogP contribution >= 0.6 is 27.3 Å². The first-order chi connectivity index (χ1) is 15.0. The SMILES string of the molecule is O=C(c1nc(CO)sc1-c1ccc(F)cc1)N1CCCCC1CNc1ncc(Br)cn1. The fourth-order valence-electron chi connectivity index (χ4n) is 3.60. The maximum atomic E-state index is 13.5. The Bertz CT molecular complexity index is 1040. The summed E-state index contributed by atoms with van der Waals surface area (Å²) in [5, 5.41) is 13.2. The van der Waals surface area contributed by atoms with Gasteiger partial charge in [-0.2, -0.15) is 0 Å². The molecule has 1 aliphatic heterocycles. The average Bonchev–Trinajstić information content (AvgIpc) is 3.23. The van der Waals surface area contributed by atoms with E-state index in [1.54, 1.807) is 24.5 Å². The van der Waals surface area contributed by atoms with Crippen molar-refractivity contribution in [2.24, 2.45) is 0 Å². The molecule has 162 valence electrons. The first-order valence-electron chi connectivity index (χ1n) is 9.94. The molecule has 0 spiro atoms. The molecule has 1 fully saturated rings. The van der Waals surface area contributed by atoms with Crippen LogP contribution in [0.25, 0.3) is 10.4 Å². The molecule has 0 aliphatic carbocycles. The van der Waals surface area contributed by atoms with Crippen LogP contribution in [0.5, 0.6) is 0 Å². The minimum Gasteiger partial charge on any atom is -0.389 e. The number of aromatic nitrogens is 3. The van der Waals surface area contributed by atoms with Gasteiger partial charge in [-0.3, -0.25) is 4.79 Å². The van der Waals surface area contributed by atoms with Gasteiger partial charge in [-0.25, -0.2) is 19.3 Å². The van der Waals surface area contributed by atoms with Gasteiger partial charge in [-0.15, -0.1) is 11.3 Å². The van der Waals surface area contributed by atoms with Crippen molar-refractivity contribution in [3.8, 4) is 10.4 Å². The summed E-state index contributed by atoms with van der Waals surface area (Å²) in [4.78, 5) is 28.8. The van der Waals surface area contributed by atoms with Gasteiger partial charge in [-0.1, -0.05) is 12.1 Å². The first kappa shape index (κ1) is 21.8. The zero-order valence-electron chi connectivity index (χ0n) is 16.6. The Kier molecular flexibility index (Phi) is 6.89. The monoisotopic (exact) mass is 505 g/mol. The fourth-order valence-corrected chi connectivity index (χ4v) is 4.73. The molecule has 1 unspecified atom stereocenters. The third-order valence-electron chi connectivity index (χ3n) is 5.12. The first-order valence-corrected chi connectivity index (χ1v) is 11.5. The number of likely N-dealkylation sites (tertiary alicyclic amines) is 1. The molecule has 1 aliphatic rings. The number of piperidine rings is 1. The molecule has 3 aromatic rings. The van der Waals surface area contributed by atoms with E-state index in [1.165, 1.54) is 23.5 Å². The van der Waals surface area contributed by atoms with Crippen molar-refractivity contribution in [3.63, 3.8) is 0 Å². The number of halogens is 2. The fraction of sp³-hybridized carbons (Fsp3) is 0.333. The quantitative estimate of drug-likeness (QED) is 0.523. The topological polar surface area (TPSA) is 91.2 Å². The molecule has 0 bridgehead atoms. The second kappa shape index (κ2) is 9.80. The van der Waals surface area contributed by atoms with Crippen LogP contribution in [0.1, 0.15) is 34.8 Å². The average molecular weight is 506 g/mol. The molecular weight excluding hydrogens is 485 g/mol. The lowest BCUT2D eigenvalue weighted by atomic mass is 10.0. The number of anilines is 1. The van der Waals surface area contributed by atoms with Gasteiger partial charge in [-0.05, 0) is 52.9 Å². The molecular formula is C21H21BrFN5O2S. The molecule has 0 saturated carbocycles. The van der Waals surface area contributed by atoms with Gasteiger partial charge < -0.3 is 15.3 Å². The third kappa shape index (κ3) is 5.08. The predicted molar refractivity (Wildman–Crippen MR) is 120 cm³/mol. The predicted octanol–water partition coefficient (Wildman–Crippen LogP) is 4.10. The van der Waals surface area contributed by atoms with E-state index in [0.717, 1.165) is 23.7 Å². The summed E-state index contributed by atoms with van der Waals surface area (Å²) in [5.74, 6) is -0.0243. The maximum Gasteiger partial charge on any atom is 0.274 e. The Balaban J connectivity index is 1.57. The zero-order chi connectivity index (χ0) is 21.8. The maximum absolute atomic E-state index is 13.5. The van der Waals surface area contributed by atoms with Gasteiger partial charge >= 0.3 is 0 Å². The van der Waals surface area contributed by atoms with Crippen LogP contribution in [0.15, 0.2) is 41.1 Å². The van der Waals surface area contributed by atoms with E-state index in [9.17, 15) is 14.3 Å². The molecule has 2 aromatic heterocycles. The number of rotatable bonds is 6. The molecule has 1 saturated heterocycles. The van der Waals surface area contributed by atoms with E-state index in [1.807, 2.05) is 4.90 Å². The van der Waals surface area contributed by atoms with Crippen LogP contribution in [-0.2, 0) is 6.61 Å². The van der Waals surface area contributed by atoms with Gasteiger partial charge in [0, 0.05) is 31.5 Å². The lowest BCUT2D eigenvalue weighted by Gasteiger charge is -2.35. The summed E-state index contributed by atoms with van der Waals surface area (Å²) >= 11 is 4.57. The van der Waals surface area contributed by atoms with Crippen LogP contribution in [0.3, 0.4) is 0 Å². The lowest BCUT2D eigenvalue weighted by Crippen LogP contribution is -2.47. The van der Waals surface area contributed by atoms with Gasteiger partial charge in [0.15, 0.2) is 0 Å². The summed E-state index contributed by atoms with van der Waals surface area (Å²) in [7, 11) is 0. The van der Waals surface area contributed by atoms with Gasteiger partial charge in [0.2, 0.25) is 5.95 Å². The molecule has 7 nitrogen and oxygen atoms in total. The number of carbonyl (C=O) groups is 1. The Morgan fingerprint density at radius 2 is 2.00 bits per heavy atom. The molecule has 1 atom stereocenters. The Morgan fingerprint density at radius 3 is 2.71 bits per heavy atom. The number of benzene rings is 1. The van der Waals surface area contributed by atoms with Gasteiger partial charge in [0.05, 0.1) is 16.0 Å². The Hall–Kier alpha value is -2.43. The van der Waals surface area contributed by atoms with Crippen LogP contribution in [0, 0.1) is 5.82 Å². The molecule has 1 amide bonds.